The third-order valence-corrected chi connectivity index (χ3v) is 2.31. The molecule has 0 N–H and O–H groups in total. The Labute approximate surface area is 98.9 Å². The molecule has 0 aliphatic heterocycles. The second-order valence-electron chi connectivity index (χ2n) is 3.63. The molecule has 17 heavy (non-hydrogen) atoms. The van der Waals surface area contributed by atoms with Crippen LogP contribution in [0.25, 0.3) is 11.6 Å². The zero-order chi connectivity index (χ0) is 11.9. The van der Waals surface area contributed by atoms with Crippen LogP contribution < -0.4 is 0 Å². The number of rotatable bonds is 6. The number of unbranched alkanes of at least 4 members (excludes halogenated alkanes) is 2. The van der Waals surface area contributed by atoms with Gasteiger partial charge in [-0.2, -0.15) is 0 Å². The highest BCUT2D eigenvalue weighted by Crippen LogP contribution is 2.15. The molecule has 0 saturated heterocycles. The third-order valence-electron chi connectivity index (χ3n) is 2.31. The molecular formula is C12H13N3O2. The van der Waals surface area contributed by atoms with Crippen molar-refractivity contribution in [2.75, 3.05) is 0 Å². The van der Waals surface area contributed by atoms with Crippen LogP contribution in [0.4, 0.5) is 0 Å². The zero-order valence-corrected chi connectivity index (χ0v) is 9.37. The van der Waals surface area contributed by atoms with Crippen LogP contribution in [0.3, 0.4) is 0 Å². The molecule has 0 aliphatic rings. The molecule has 0 radical (unpaired) electrons. The Morgan fingerprint density at radius 2 is 2.18 bits per heavy atom. The van der Waals surface area contributed by atoms with Crippen LogP contribution in [0.2, 0.25) is 0 Å². The predicted molar refractivity (Wildman–Crippen MR) is 61.1 cm³/mol. The number of carbonyl (C=O) groups excluding carboxylic acids is 1. The normalized spacial score (nSPS) is 10.4. The van der Waals surface area contributed by atoms with Gasteiger partial charge in [0.05, 0.1) is 0 Å². The van der Waals surface area contributed by atoms with E-state index in [0.717, 1.165) is 19.1 Å². The van der Waals surface area contributed by atoms with Gasteiger partial charge in [-0.1, -0.05) is 6.07 Å². The smallest absolute Gasteiger partial charge is 0.266 e. The minimum Gasteiger partial charge on any atom is -0.419 e. The Kier molecular flexibility index (Phi) is 3.96. The SMILES string of the molecule is O=CCCCCc1nnc(-c2ccccn2)o1. The van der Waals surface area contributed by atoms with E-state index in [9.17, 15) is 4.79 Å². The van der Waals surface area contributed by atoms with Crippen molar-refractivity contribution in [2.24, 2.45) is 0 Å². The van der Waals surface area contributed by atoms with Crippen LogP contribution in [-0.4, -0.2) is 21.5 Å². The molecule has 0 aromatic carbocycles. The van der Waals surface area contributed by atoms with Gasteiger partial charge in [-0.25, -0.2) is 0 Å². The first-order chi connectivity index (χ1) is 8.40. The van der Waals surface area contributed by atoms with Gasteiger partial charge in [0.25, 0.3) is 5.89 Å². The Morgan fingerprint density at radius 3 is 2.94 bits per heavy atom. The fraction of sp³-hybridized carbons (Fsp3) is 0.333. The maximum Gasteiger partial charge on any atom is 0.266 e. The molecule has 2 heterocycles. The van der Waals surface area contributed by atoms with Gasteiger partial charge in [-0.05, 0) is 25.0 Å². The van der Waals surface area contributed by atoms with Crippen molar-refractivity contribution in [3.8, 4) is 11.6 Å². The van der Waals surface area contributed by atoms with Crippen molar-refractivity contribution < 1.29 is 9.21 Å². The highest BCUT2D eigenvalue weighted by molar-refractivity contribution is 5.49. The first-order valence-corrected chi connectivity index (χ1v) is 5.57. The maximum absolute atomic E-state index is 10.1. The van der Waals surface area contributed by atoms with Gasteiger partial charge in [0.2, 0.25) is 5.89 Å². The number of carbonyl (C=O) groups is 1. The monoisotopic (exact) mass is 231 g/mol. The first kappa shape index (κ1) is 11.4. The van der Waals surface area contributed by atoms with Crippen molar-refractivity contribution in [1.82, 2.24) is 15.2 Å². The minimum absolute atomic E-state index is 0.441. The Hall–Kier alpha value is -2.04. The van der Waals surface area contributed by atoms with E-state index in [1.165, 1.54) is 0 Å². The van der Waals surface area contributed by atoms with E-state index in [2.05, 4.69) is 15.2 Å². The molecule has 2 aromatic heterocycles. The lowest BCUT2D eigenvalue weighted by Gasteiger charge is -1.93. The minimum atomic E-state index is 0.441. The summed E-state index contributed by atoms with van der Waals surface area (Å²) in [5, 5.41) is 7.88. The van der Waals surface area contributed by atoms with Crippen molar-refractivity contribution in [3.05, 3.63) is 30.3 Å². The summed E-state index contributed by atoms with van der Waals surface area (Å²) in [6.45, 7) is 0. The molecule has 2 aromatic rings. The number of hydrogen-bond acceptors (Lipinski definition) is 5. The number of hydrogen-bond donors (Lipinski definition) is 0. The number of aryl methyl sites for hydroxylation is 1. The van der Waals surface area contributed by atoms with Crippen LogP contribution in [0, 0.1) is 0 Å². The summed E-state index contributed by atoms with van der Waals surface area (Å²) < 4.78 is 5.48. The summed E-state index contributed by atoms with van der Waals surface area (Å²) in [5.41, 5.74) is 0.680. The summed E-state index contributed by atoms with van der Waals surface area (Å²) >= 11 is 0. The molecule has 0 spiro atoms. The summed E-state index contributed by atoms with van der Waals surface area (Å²) in [6, 6.07) is 5.53. The van der Waals surface area contributed by atoms with E-state index in [-0.39, 0.29) is 0 Å². The fourth-order valence-corrected chi connectivity index (χ4v) is 1.45. The molecule has 0 bridgehead atoms. The van der Waals surface area contributed by atoms with Crippen molar-refractivity contribution in [1.29, 1.82) is 0 Å². The third kappa shape index (κ3) is 3.21. The number of nitrogens with zero attached hydrogens (tertiary/aromatic N) is 3. The summed E-state index contributed by atoms with van der Waals surface area (Å²) in [6.07, 6.45) is 5.62. The Balaban J connectivity index is 1.94. The molecule has 5 heteroatoms. The van der Waals surface area contributed by atoms with E-state index in [0.29, 0.717) is 30.3 Å². The Bertz CT molecular complexity index is 468. The van der Waals surface area contributed by atoms with Crippen molar-refractivity contribution >= 4 is 6.29 Å². The molecule has 88 valence electrons. The van der Waals surface area contributed by atoms with Gasteiger partial charge in [-0.3, -0.25) is 4.98 Å². The van der Waals surface area contributed by atoms with Crippen molar-refractivity contribution in [3.63, 3.8) is 0 Å². The van der Waals surface area contributed by atoms with Gasteiger partial charge in [-0.15, -0.1) is 10.2 Å². The van der Waals surface area contributed by atoms with Gasteiger partial charge < -0.3 is 9.21 Å². The highest BCUT2D eigenvalue weighted by Gasteiger charge is 2.08. The average molecular weight is 231 g/mol. The summed E-state index contributed by atoms with van der Waals surface area (Å²) in [5.74, 6) is 1.03. The summed E-state index contributed by atoms with van der Waals surface area (Å²) in [7, 11) is 0. The molecule has 0 unspecified atom stereocenters. The quantitative estimate of drug-likeness (QED) is 0.562. The second kappa shape index (κ2) is 5.89. The Morgan fingerprint density at radius 1 is 1.24 bits per heavy atom. The molecule has 0 saturated carbocycles. The zero-order valence-electron chi connectivity index (χ0n) is 9.37. The van der Waals surface area contributed by atoms with Crippen LogP contribution in [0.1, 0.15) is 25.2 Å². The molecule has 0 aliphatic carbocycles. The molecule has 5 nitrogen and oxygen atoms in total. The molecule has 0 fully saturated rings. The highest BCUT2D eigenvalue weighted by atomic mass is 16.4. The van der Waals surface area contributed by atoms with Crippen LogP contribution in [0.5, 0.6) is 0 Å². The largest absolute Gasteiger partial charge is 0.419 e. The molecular weight excluding hydrogens is 218 g/mol. The van der Waals surface area contributed by atoms with Gasteiger partial charge >= 0.3 is 0 Å². The van der Waals surface area contributed by atoms with E-state index >= 15 is 0 Å². The van der Waals surface area contributed by atoms with Crippen LogP contribution in [-0.2, 0) is 11.2 Å². The maximum atomic E-state index is 10.1. The van der Waals surface area contributed by atoms with E-state index < -0.39 is 0 Å². The van der Waals surface area contributed by atoms with E-state index in [4.69, 9.17) is 4.42 Å². The second-order valence-corrected chi connectivity index (χ2v) is 3.63. The number of pyridine rings is 1. The first-order valence-electron chi connectivity index (χ1n) is 5.57. The van der Waals surface area contributed by atoms with Crippen LogP contribution in [0.15, 0.2) is 28.8 Å². The molecule has 0 atom stereocenters. The standard InChI is InChI=1S/C12H13N3O2/c16-9-5-1-2-7-11-14-15-12(17-11)10-6-3-4-8-13-10/h3-4,6,8-9H,1-2,5,7H2. The lowest BCUT2D eigenvalue weighted by molar-refractivity contribution is -0.107. The molecule has 0 amide bonds. The lowest BCUT2D eigenvalue weighted by Crippen LogP contribution is -1.86. The number of aromatic nitrogens is 3. The summed E-state index contributed by atoms with van der Waals surface area (Å²) in [4.78, 5) is 14.3. The predicted octanol–water partition coefficient (Wildman–Crippen LogP) is 2.04. The average Bonchev–Trinajstić information content (AvgIpc) is 2.85. The number of aldehydes is 1. The van der Waals surface area contributed by atoms with Crippen LogP contribution >= 0.6 is 0 Å². The van der Waals surface area contributed by atoms with Gasteiger partial charge in [0.1, 0.15) is 12.0 Å². The fourth-order valence-electron chi connectivity index (χ4n) is 1.45. The van der Waals surface area contributed by atoms with E-state index in [1.54, 1.807) is 6.20 Å². The van der Waals surface area contributed by atoms with E-state index in [1.807, 2.05) is 18.2 Å². The lowest BCUT2D eigenvalue weighted by atomic mass is 10.2. The van der Waals surface area contributed by atoms with Crippen molar-refractivity contribution in [2.45, 2.75) is 25.7 Å². The molecule has 2 rings (SSSR count). The topological polar surface area (TPSA) is 68.9 Å². The van der Waals surface area contributed by atoms with Gasteiger partial charge in [0, 0.05) is 19.0 Å². The van der Waals surface area contributed by atoms with Gasteiger partial charge in [0.15, 0.2) is 0 Å².